The number of amides is 2. The highest BCUT2D eigenvalue weighted by atomic mass is 35.5. The van der Waals surface area contributed by atoms with Gasteiger partial charge in [0.05, 0.1) is 10.6 Å². The first-order chi connectivity index (χ1) is 13.8. The van der Waals surface area contributed by atoms with Crippen molar-refractivity contribution in [3.63, 3.8) is 0 Å². The van der Waals surface area contributed by atoms with Crippen molar-refractivity contribution in [2.75, 3.05) is 6.54 Å². The number of hydrogen-bond acceptors (Lipinski definition) is 3. The molecular formula is C20H18Cl2F2N2O3. The van der Waals surface area contributed by atoms with Crippen LogP contribution in [0.15, 0.2) is 42.5 Å². The van der Waals surface area contributed by atoms with Crippen LogP contribution in [0.1, 0.15) is 28.8 Å². The van der Waals surface area contributed by atoms with Crippen molar-refractivity contribution in [1.29, 1.82) is 0 Å². The molecule has 1 fully saturated rings. The summed E-state index contributed by atoms with van der Waals surface area (Å²) in [4.78, 5) is 27.0. The van der Waals surface area contributed by atoms with E-state index in [4.69, 9.17) is 23.2 Å². The van der Waals surface area contributed by atoms with Crippen molar-refractivity contribution < 1.29 is 23.1 Å². The number of carbonyl (C=O) groups is 2. The van der Waals surface area contributed by atoms with Gasteiger partial charge in [-0.2, -0.15) is 8.78 Å². The molecule has 1 aliphatic rings. The molecule has 3 rings (SSSR count). The lowest BCUT2D eigenvalue weighted by Crippen LogP contribution is -2.45. The smallest absolute Gasteiger partial charge is 0.387 e. The number of hydrogen-bond donors (Lipinski definition) is 1. The first kappa shape index (κ1) is 21.3. The molecule has 1 heterocycles. The van der Waals surface area contributed by atoms with E-state index < -0.39 is 12.7 Å². The van der Waals surface area contributed by atoms with E-state index in [0.29, 0.717) is 30.0 Å². The third-order valence-electron chi connectivity index (χ3n) is 4.59. The number of nitrogens with zero attached hydrogens (tertiary/aromatic N) is 1. The van der Waals surface area contributed by atoms with Gasteiger partial charge >= 0.3 is 6.61 Å². The summed E-state index contributed by atoms with van der Waals surface area (Å²) >= 11 is 12.1. The van der Waals surface area contributed by atoms with E-state index in [2.05, 4.69) is 10.1 Å². The van der Waals surface area contributed by atoms with Crippen molar-refractivity contribution >= 4 is 35.0 Å². The van der Waals surface area contributed by atoms with E-state index in [0.717, 1.165) is 0 Å². The van der Waals surface area contributed by atoms with Crippen LogP contribution >= 0.6 is 23.2 Å². The Kier molecular flexibility index (Phi) is 6.92. The Labute approximate surface area is 176 Å². The molecule has 154 valence electrons. The summed E-state index contributed by atoms with van der Waals surface area (Å²) in [6.45, 7) is -2.25. The standard InChI is InChI=1S/C20H18Cl2F2N2O3/c21-13-5-8-16(22)15(10-13)19(28)26-9-1-2-17(26)18(27)25-11-12-3-6-14(7-4-12)29-20(23)24/h3-8,10,17,20H,1-2,9,11H2,(H,25,27). The van der Waals surface area contributed by atoms with Crippen LogP contribution in [0.5, 0.6) is 5.75 Å². The molecule has 1 N–H and O–H groups in total. The minimum Gasteiger partial charge on any atom is -0.435 e. The van der Waals surface area contributed by atoms with Crippen molar-refractivity contribution in [3.8, 4) is 5.75 Å². The number of likely N-dealkylation sites (tertiary alicyclic amines) is 1. The van der Waals surface area contributed by atoms with E-state index in [9.17, 15) is 18.4 Å². The lowest BCUT2D eigenvalue weighted by atomic mass is 10.1. The van der Waals surface area contributed by atoms with Crippen molar-refractivity contribution in [3.05, 3.63) is 63.6 Å². The van der Waals surface area contributed by atoms with Crippen LogP contribution in [-0.2, 0) is 11.3 Å². The van der Waals surface area contributed by atoms with Gasteiger partial charge in [0.15, 0.2) is 0 Å². The summed E-state index contributed by atoms with van der Waals surface area (Å²) in [6.07, 6.45) is 1.23. The van der Waals surface area contributed by atoms with Crippen molar-refractivity contribution in [2.24, 2.45) is 0 Å². The number of halogens is 4. The first-order valence-corrected chi connectivity index (χ1v) is 9.68. The average molecular weight is 443 g/mol. The van der Waals surface area contributed by atoms with Gasteiger partial charge < -0.3 is 15.0 Å². The molecule has 0 aliphatic carbocycles. The van der Waals surface area contributed by atoms with Crippen LogP contribution in [0.3, 0.4) is 0 Å². The van der Waals surface area contributed by atoms with Crippen molar-refractivity contribution in [1.82, 2.24) is 10.2 Å². The Morgan fingerprint density at radius 2 is 1.90 bits per heavy atom. The molecule has 0 bridgehead atoms. The maximum atomic E-state index is 12.9. The average Bonchev–Trinajstić information content (AvgIpc) is 3.18. The first-order valence-electron chi connectivity index (χ1n) is 8.92. The summed E-state index contributed by atoms with van der Waals surface area (Å²) in [5, 5.41) is 3.44. The molecule has 0 saturated carbocycles. The highest BCUT2D eigenvalue weighted by molar-refractivity contribution is 6.35. The second-order valence-electron chi connectivity index (χ2n) is 6.52. The van der Waals surface area contributed by atoms with Crippen LogP contribution in [0.4, 0.5) is 8.78 Å². The number of ether oxygens (including phenoxy) is 1. The molecule has 1 aliphatic heterocycles. The van der Waals surface area contributed by atoms with Gasteiger partial charge in [0, 0.05) is 18.1 Å². The Bertz CT molecular complexity index is 894. The minimum absolute atomic E-state index is 0.0426. The summed E-state index contributed by atoms with van der Waals surface area (Å²) in [5.41, 5.74) is 0.974. The van der Waals surface area contributed by atoms with E-state index in [1.807, 2.05) is 0 Å². The molecule has 5 nitrogen and oxygen atoms in total. The Morgan fingerprint density at radius 3 is 2.59 bits per heavy atom. The zero-order valence-corrected chi connectivity index (χ0v) is 16.7. The Balaban J connectivity index is 1.62. The van der Waals surface area contributed by atoms with Crippen LogP contribution in [0.2, 0.25) is 10.0 Å². The second-order valence-corrected chi connectivity index (χ2v) is 7.36. The molecule has 1 atom stereocenters. The molecular weight excluding hydrogens is 425 g/mol. The fourth-order valence-corrected chi connectivity index (χ4v) is 3.56. The molecule has 9 heteroatoms. The molecule has 29 heavy (non-hydrogen) atoms. The fourth-order valence-electron chi connectivity index (χ4n) is 3.19. The van der Waals surface area contributed by atoms with Gasteiger partial charge in [0.25, 0.3) is 5.91 Å². The van der Waals surface area contributed by atoms with E-state index >= 15 is 0 Å². The summed E-state index contributed by atoms with van der Waals surface area (Å²) in [5.74, 6) is -0.591. The van der Waals surface area contributed by atoms with Gasteiger partial charge in [-0.25, -0.2) is 0 Å². The molecule has 0 aromatic heterocycles. The van der Waals surface area contributed by atoms with Crippen LogP contribution < -0.4 is 10.1 Å². The zero-order chi connectivity index (χ0) is 21.0. The Hall–Kier alpha value is -2.38. The molecule has 0 radical (unpaired) electrons. The van der Waals surface area contributed by atoms with Gasteiger partial charge in [-0.3, -0.25) is 9.59 Å². The Morgan fingerprint density at radius 1 is 1.17 bits per heavy atom. The van der Waals surface area contributed by atoms with Crippen LogP contribution in [-0.4, -0.2) is 35.9 Å². The van der Waals surface area contributed by atoms with Crippen molar-refractivity contribution in [2.45, 2.75) is 32.0 Å². The van der Waals surface area contributed by atoms with Gasteiger partial charge in [-0.1, -0.05) is 35.3 Å². The quantitative estimate of drug-likeness (QED) is 0.715. The molecule has 2 aromatic carbocycles. The van der Waals surface area contributed by atoms with E-state index in [1.165, 1.54) is 23.1 Å². The van der Waals surface area contributed by atoms with E-state index in [1.54, 1.807) is 24.3 Å². The summed E-state index contributed by atoms with van der Waals surface area (Å²) in [6, 6.07) is 9.99. The van der Waals surface area contributed by atoms with Crippen LogP contribution in [0.25, 0.3) is 0 Å². The van der Waals surface area contributed by atoms with Gasteiger partial charge in [-0.15, -0.1) is 0 Å². The normalized spacial score (nSPS) is 16.2. The number of benzene rings is 2. The third kappa shape index (κ3) is 5.36. The maximum absolute atomic E-state index is 12.9. The third-order valence-corrected chi connectivity index (χ3v) is 5.16. The van der Waals surface area contributed by atoms with E-state index in [-0.39, 0.29) is 34.7 Å². The fraction of sp³-hybridized carbons (Fsp3) is 0.300. The molecule has 1 unspecified atom stereocenters. The summed E-state index contributed by atoms with van der Waals surface area (Å²) < 4.78 is 28.7. The molecule has 1 saturated heterocycles. The molecule has 2 amide bonds. The largest absolute Gasteiger partial charge is 0.435 e. The number of alkyl halides is 2. The van der Waals surface area contributed by atoms with Gasteiger partial charge in [0.1, 0.15) is 11.8 Å². The topological polar surface area (TPSA) is 58.6 Å². The maximum Gasteiger partial charge on any atom is 0.387 e. The number of nitrogens with one attached hydrogen (secondary N) is 1. The monoisotopic (exact) mass is 442 g/mol. The van der Waals surface area contributed by atoms with Crippen LogP contribution in [0, 0.1) is 0 Å². The number of carbonyl (C=O) groups excluding carboxylic acids is 2. The lowest BCUT2D eigenvalue weighted by Gasteiger charge is -2.24. The lowest BCUT2D eigenvalue weighted by molar-refractivity contribution is -0.125. The van der Waals surface area contributed by atoms with Gasteiger partial charge in [-0.05, 0) is 48.7 Å². The second kappa shape index (κ2) is 9.41. The minimum atomic E-state index is -2.89. The predicted octanol–water partition coefficient (Wildman–Crippen LogP) is 4.52. The van der Waals surface area contributed by atoms with Gasteiger partial charge in [0.2, 0.25) is 5.91 Å². The highest BCUT2D eigenvalue weighted by Crippen LogP contribution is 2.26. The SMILES string of the molecule is O=C(NCc1ccc(OC(F)F)cc1)C1CCCN1C(=O)c1cc(Cl)ccc1Cl. The molecule has 0 spiro atoms. The zero-order valence-electron chi connectivity index (χ0n) is 15.2. The molecule has 2 aromatic rings. The predicted molar refractivity (Wildman–Crippen MR) is 105 cm³/mol. The summed E-state index contributed by atoms with van der Waals surface area (Å²) in [7, 11) is 0. The number of rotatable bonds is 6. The highest BCUT2D eigenvalue weighted by Gasteiger charge is 2.35.